The summed E-state index contributed by atoms with van der Waals surface area (Å²) in [6, 6.07) is 9.55. The molecule has 1 aromatic carbocycles. The van der Waals surface area contributed by atoms with Crippen molar-refractivity contribution in [1.82, 2.24) is 20.0 Å². The number of rotatable bonds is 4. The maximum absolute atomic E-state index is 12.7. The Kier molecular flexibility index (Phi) is 4.53. The summed E-state index contributed by atoms with van der Waals surface area (Å²) in [4.78, 5) is 14.7. The normalized spacial score (nSPS) is 18.4. The lowest BCUT2D eigenvalue weighted by Gasteiger charge is -2.32. The Morgan fingerprint density at radius 1 is 1.41 bits per heavy atom. The van der Waals surface area contributed by atoms with E-state index >= 15 is 0 Å². The second kappa shape index (κ2) is 6.75. The minimum atomic E-state index is 0.120. The minimum Gasteiger partial charge on any atom is -0.338 e. The van der Waals surface area contributed by atoms with E-state index in [9.17, 15) is 4.79 Å². The first-order valence-electron chi connectivity index (χ1n) is 7.82. The molecular weight excluding hydrogens is 276 g/mol. The van der Waals surface area contributed by atoms with Gasteiger partial charge in [-0.25, -0.2) is 4.68 Å². The number of nitrogens with zero attached hydrogens (tertiary/aromatic N) is 3. The number of nitrogens with one attached hydrogen (secondary N) is 1. The summed E-state index contributed by atoms with van der Waals surface area (Å²) in [5, 5.41) is 7.43. The fraction of sp³-hybridized carbons (Fsp3) is 0.412. The second-order valence-corrected chi connectivity index (χ2v) is 5.82. The number of piperidine rings is 1. The molecular formula is C17H22N4O. The molecule has 0 aliphatic carbocycles. The monoisotopic (exact) mass is 298 g/mol. The summed E-state index contributed by atoms with van der Waals surface area (Å²) in [5.74, 6) is 0.673. The molecule has 2 aromatic rings. The topological polar surface area (TPSA) is 50.2 Å². The van der Waals surface area contributed by atoms with Crippen LogP contribution in [0, 0.1) is 5.92 Å². The van der Waals surface area contributed by atoms with Crippen LogP contribution in [0.2, 0.25) is 0 Å². The highest BCUT2D eigenvalue weighted by Gasteiger charge is 2.24. The van der Waals surface area contributed by atoms with Gasteiger partial charge in [-0.3, -0.25) is 4.79 Å². The van der Waals surface area contributed by atoms with Gasteiger partial charge in [0.05, 0.1) is 5.69 Å². The molecule has 1 aromatic heterocycles. The highest BCUT2D eigenvalue weighted by molar-refractivity contribution is 5.94. The van der Waals surface area contributed by atoms with Crippen molar-refractivity contribution in [3.63, 3.8) is 0 Å². The maximum Gasteiger partial charge on any atom is 0.253 e. The van der Waals surface area contributed by atoms with Crippen molar-refractivity contribution in [2.75, 3.05) is 26.7 Å². The smallest absolute Gasteiger partial charge is 0.253 e. The zero-order valence-corrected chi connectivity index (χ0v) is 12.9. The maximum atomic E-state index is 12.7. The van der Waals surface area contributed by atoms with Crippen LogP contribution < -0.4 is 5.32 Å². The average Bonchev–Trinajstić information content (AvgIpc) is 3.09. The molecule has 0 radical (unpaired) electrons. The van der Waals surface area contributed by atoms with Gasteiger partial charge >= 0.3 is 0 Å². The Morgan fingerprint density at radius 2 is 2.32 bits per heavy atom. The third kappa shape index (κ3) is 3.20. The number of hydrogen-bond acceptors (Lipinski definition) is 3. The van der Waals surface area contributed by atoms with Crippen LogP contribution in [0.3, 0.4) is 0 Å². The third-order valence-corrected chi connectivity index (χ3v) is 4.16. The zero-order valence-electron chi connectivity index (χ0n) is 12.9. The van der Waals surface area contributed by atoms with E-state index in [1.807, 2.05) is 48.5 Å². The summed E-state index contributed by atoms with van der Waals surface area (Å²) < 4.78 is 1.77. The standard InChI is InChI=1S/C17H22N4O/c1-18-12-14-5-3-9-20(13-14)17(22)15-6-2-7-16(11-15)21-10-4-8-19-21/h2,4,6-8,10-11,14,18H,3,5,9,12-13H2,1H3. The number of carbonyl (C=O) groups excluding carboxylic acids is 1. The van der Waals surface area contributed by atoms with Crippen molar-refractivity contribution < 1.29 is 4.79 Å². The van der Waals surface area contributed by atoms with Crippen molar-refractivity contribution >= 4 is 5.91 Å². The molecule has 1 aliphatic heterocycles. The molecule has 22 heavy (non-hydrogen) atoms. The fourth-order valence-electron chi connectivity index (χ4n) is 3.09. The second-order valence-electron chi connectivity index (χ2n) is 5.82. The van der Waals surface area contributed by atoms with Crippen LogP contribution in [0.1, 0.15) is 23.2 Å². The molecule has 1 N–H and O–H groups in total. The van der Waals surface area contributed by atoms with Gasteiger partial charge in [0, 0.05) is 31.0 Å². The third-order valence-electron chi connectivity index (χ3n) is 4.16. The van der Waals surface area contributed by atoms with Crippen molar-refractivity contribution in [3.8, 4) is 5.69 Å². The van der Waals surface area contributed by atoms with Crippen molar-refractivity contribution in [2.24, 2.45) is 5.92 Å². The van der Waals surface area contributed by atoms with E-state index in [1.54, 1.807) is 10.9 Å². The van der Waals surface area contributed by atoms with Crippen LogP contribution in [0.5, 0.6) is 0 Å². The number of carbonyl (C=O) groups is 1. The van der Waals surface area contributed by atoms with Crippen LogP contribution in [-0.4, -0.2) is 47.3 Å². The van der Waals surface area contributed by atoms with Crippen LogP contribution >= 0.6 is 0 Å². The van der Waals surface area contributed by atoms with Gasteiger partial charge in [-0.15, -0.1) is 0 Å². The van der Waals surface area contributed by atoms with Gasteiger partial charge in [0.15, 0.2) is 0 Å². The van der Waals surface area contributed by atoms with E-state index in [2.05, 4.69) is 10.4 Å². The van der Waals surface area contributed by atoms with Crippen LogP contribution in [0.25, 0.3) is 5.69 Å². The molecule has 1 fully saturated rings. The van der Waals surface area contributed by atoms with E-state index in [4.69, 9.17) is 0 Å². The molecule has 5 heteroatoms. The Hall–Kier alpha value is -2.14. The van der Waals surface area contributed by atoms with Crippen molar-refractivity contribution in [3.05, 3.63) is 48.3 Å². The minimum absolute atomic E-state index is 0.120. The summed E-state index contributed by atoms with van der Waals surface area (Å²) in [6.07, 6.45) is 5.89. The quantitative estimate of drug-likeness (QED) is 0.938. The predicted octanol–water partition coefficient (Wildman–Crippen LogP) is 1.94. The number of amides is 1. The van der Waals surface area contributed by atoms with Crippen LogP contribution in [-0.2, 0) is 0 Å². The first-order valence-corrected chi connectivity index (χ1v) is 7.82. The van der Waals surface area contributed by atoms with Gasteiger partial charge < -0.3 is 10.2 Å². The van der Waals surface area contributed by atoms with Gasteiger partial charge in [0.1, 0.15) is 0 Å². The predicted molar refractivity (Wildman–Crippen MR) is 86.1 cm³/mol. The van der Waals surface area contributed by atoms with Gasteiger partial charge in [-0.05, 0) is 56.6 Å². The molecule has 1 saturated heterocycles. The summed E-state index contributed by atoms with van der Waals surface area (Å²) in [6.45, 7) is 2.66. The highest BCUT2D eigenvalue weighted by Crippen LogP contribution is 2.19. The molecule has 0 bridgehead atoms. The lowest BCUT2D eigenvalue weighted by molar-refractivity contribution is 0.0674. The lowest BCUT2D eigenvalue weighted by atomic mass is 9.97. The van der Waals surface area contributed by atoms with E-state index < -0.39 is 0 Å². The SMILES string of the molecule is CNCC1CCCN(C(=O)c2cccc(-n3cccn3)c2)C1. The first-order chi connectivity index (χ1) is 10.8. The highest BCUT2D eigenvalue weighted by atomic mass is 16.2. The molecule has 1 atom stereocenters. The molecule has 3 rings (SSSR count). The number of likely N-dealkylation sites (tertiary alicyclic amines) is 1. The Morgan fingerprint density at radius 3 is 3.09 bits per heavy atom. The van der Waals surface area contributed by atoms with Gasteiger partial charge in [-0.2, -0.15) is 5.10 Å². The lowest BCUT2D eigenvalue weighted by Crippen LogP contribution is -2.42. The molecule has 1 aliphatic rings. The largest absolute Gasteiger partial charge is 0.338 e. The van der Waals surface area contributed by atoms with Crippen LogP contribution in [0.4, 0.5) is 0 Å². The molecule has 1 amide bonds. The van der Waals surface area contributed by atoms with Crippen molar-refractivity contribution in [1.29, 1.82) is 0 Å². The Balaban J connectivity index is 1.76. The van der Waals surface area contributed by atoms with E-state index in [0.717, 1.165) is 37.3 Å². The van der Waals surface area contributed by atoms with Crippen molar-refractivity contribution in [2.45, 2.75) is 12.8 Å². The van der Waals surface area contributed by atoms with Gasteiger partial charge in [0.2, 0.25) is 0 Å². The number of aromatic nitrogens is 2. The number of hydrogen-bond donors (Lipinski definition) is 1. The first kappa shape index (κ1) is 14.8. The van der Waals surface area contributed by atoms with Crippen LogP contribution in [0.15, 0.2) is 42.7 Å². The Bertz CT molecular complexity index is 621. The van der Waals surface area contributed by atoms with E-state index in [1.165, 1.54) is 6.42 Å². The molecule has 1 unspecified atom stereocenters. The van der Waals surface area contributed by atoms with E-state index in [-0.39, 0.29) is 5.91 Å². The molecule has 2 heterocycles. The molecule has 0 spiro atoms. The summed E-state index contributed by atoms with van der Waals surface area (Å²) >= 11 is 0. The average molecular weight is 298 g/mol. The number of benzene rings is 1. The summed E-state index contributed by atoms with van der Waals surface area (Å²) in [5.41, 5.74) is 1.65. The molecule has 5 nitrogen and oxygen atoms in total. The molecule has 116 valence electrons. The van der Waals surface area contributed by atoms with Gasteiger partial charge in [0.25, 0.3) is 5.91 Å². The zero-order chi connectivity index (χ0) is 15.4. The fourth-order valence-corrected chi connectivity index (χ4v) is 3.09. The summed E-state index contributed by atoms with van der Waals surface area (Å²) in [7, 11) is 1.97. The molecule has 0 saturated carbocycles. The van der Waals surface area contributed by atoms with Gasteiger partial charge in [-0.1, -0.05) is 6.07 Å². The Labute approximate surface area is 130 Å². The van der Waals surface area contributed by atoms with E-state index in [0.29, 0.717) is 5.92 Å².